The van der Waals surface area contributed by atoms with E-state index in [9.17, 15) is 9.59 Å². The summed E-state index contributed by atoms with van der Waals surface area (Å²) in [4.78, 5) is 26.0. The maximum absolute atomic E-state index is 12.4. The van der Waals surface area contributed by atoms with Crippen molar-refractivity contribution < 1.29 is 19.1 Å². The van der Waals surface area contributed by atoms with E-state index in [0.29, 0.717) is 17.8 Å². The van der Waals surface area contributed by atoms with Gasteiger partial charge in [-0.15, -0.1) is 4.68 Å². The molecule has 0 radical (unpaired) electrons. The molecular weight excluding hydrogens is 312 g/mol. The number of carbonyl (C=O) groups excluding carboxylic acids is 2. The van der Waals surface area contributed by atoms with Gasteiger partial charge in [0.2, 0.25) is 0 Å². The number of ether oxygens (including phenoxy) is 2. The van der Waals surface area contributed by atoms with Crippen molar-refractivity contribution in [1.82, 2.24) is 14.7 Å². The summed E-state index contributed by atoms with van der Waals surface area (Å²) in [6, 6.07) is 0. The van der Waals surface area contributed by atoms with Crippen LogP contribution >= 0.6 is 0 Å². The lowest BCUT2D eigenvalue weighted by molar-refractivity contribution is 0.0173. The van der Waals surface area contributed by atoms with E-state index >= 15 is 0 Å². The molecule has 24 heavy (non-hydrogen) atoms. The SMILES string of the molecule is CCOC(=O)n1nc2c(c1N)CN(C(=O)OC(C)(C)C)CC2(C)C. The summed E-state index contributed by atoms with van der Waals surface area (Å²) < 4.78 is 11.5. The zero-order chi connectivity index (χ0) is 18.3. The number of hydrogen-bond acceptors (Lipinski definition) is 6. The number of fused-ring (bicyclic) bond motifs is 1. The number of amides is 1. The third kappa shape index (κ3) is 3.47. The Hall–Kier alpha value is -2.25. The minimum Gasteiger partial charge on any atom is -0.448 e. The third-order valence-electron chi connectivity index (χ3n) is 3.69. The van der Waals surface area contributed by atoms with Crippen LogP contribution in [0.5, 0.6) is 0 Å². The van der Waals surface area contributed by atoms with E-state index in [-0.39, 0.29) is 19.0 Å². The summed E-state index contributed by atoms with van der Waals surface area (Å²) in [7, 11) is 0. The third-order valence-corrected chi connectivity index (χ3v) is 3.69. The van der Waals surface area contributed by atoms with Gasteiger partial charge in [0.15, 0.2) is 0 Å². The fraction of sp³-hybridized carbons (Fsp3) is 0.688. The molecule has 8 nitrogen and oxygen atoms in total. The van der Waals surface area contributed by atoms with Gasteiger partial charge < -0.3 is 20.1 Å². The first-order valence-corrected chi connectivity index (χ1v) is 7.99. The summed E-state index contributed by atoms with van der Waals surface area (Å²) >= 11 is 0. The van der Waals surface area contributed by atoms with Crippen molar-refractivity contribution in [3.63, 3.8) is 0 Å². The van der Waals surface area contributed by atoms with E-state index in [2.05, 4.69) is 5.10 Å². The number of carbonyl (C=O) groups is 2. The molecule has 1 aliphatic rings. The first-order chi connectivity index (χ1) is 11.0. The number of anilines is 1. The Kier molecular flexibility index (Phi) is 4.52. The van der Waals surface area contributed by atoms with Gasteiger partial charge in [0.05, 0.1) is 18.8 Å². The van der Waals surface area contributed by atoms with Crippen molar-refractivity contribution in [2.24, 2.45) is 0 Å². The van der Waals surface area contributed by atoms with Gasteiger partial charge >= 0.3 is 12.2 Å². The highest BCUT2D eigenvalue weighted by Gasteiger charge is 2.40. The second-order valence-corrected chi connectivity index (χ2v) is 7.54. The molecule has 1 aromatic heterocycles. The number of hydrogen-bond donors (Lipinski definition) is 1. The van der Waals surface area contributed by atoms with Gasteiger partial charge in [-0.05, 0) is 27.7 Å². The lowest BCUT2D eigenvalue weighted by Crippen LogP contribution is -2.46. The Morgan fingerprint density at radius 2 is 1.92 bits per heavy atom. The Balaban J connectivity index is 2.35. The molecule has 0 atom stereocenters. The van der Waals surface area contributed by atoms with Crippen LogP contribution < -0.4 is 5.73 Å². The zero-order valence-electron chi connectivity index (χ0n) is 15.2. The molecule has 8 heteroatoms. The van der Waals surface area contributed by atoms with E-state index in [4.69, 9.17) is 15.2 Å². The minimum atomic E-state index is -0.621. The Morgan fingerprint density at radius 1 is 1.29 bits per heavy atom. The topological polar surface area (TPSA) is 99.7 Å². The molecule has 0 fully saturated rings. The van der Waals surface area contributed by atoms with Gasteiger partial charge in [-0.1, -0.05) is 13.8 Å². The Morgan fingerprint density at radius 3 is 2.46 bits per heavy atom. The van der Waals surface area contributed by atoms with E-state index < -0.39 is 23.2 Å². The molecule has 1 aromatic rings. The van der Waals surface area contributed by atoms with Gasteiger partial charge in [0, 0.05) is 17.5 Å². The van der Waals surface area contributed by atoms with Crippen molar-refractivity contribution in [1.29, 1.82) is 0 Å². The fourth-order valence-electron chi connectivity index (χ4n) is 2.74. The van der Waals surface area contributed by atoms with Crippen LogP contribution in [-0.2, 0) is 21.4 Å². The van der Waals surface area contributed by atoms with E-state index in [1.54, 1.807) is 11.8 Å². The monoisotopic (exact) mass is 338 g/mol. The quantitative estimate of drug-likeness (QED) is 0.844. The van der Waals surface area contributed by atoms with Gasteiger partial charge in [-0.2, -0.15) is 5.10 Å². The average molecular weight is 338 g/mol. The van der Waals surface area contributed by atoms with Gasteiger partial charge in [-0.3, -0.25) is 0 Å². The molecule has 0 spiro atoms. The summed E-state index contributed by atoms with van der Waals surface area (Å²) in [5, 5.41) is 4.33. The lowest BCUT2D eigenvalue weighted by Gasteiger charge is -2.37. The molecule has 0 bridgehead atoms. The van der Waals surface area contributed by atoms with Crippen molar-refractivity contribution in [3.05, 3.63) is 11.3 Å². The van der Waals surface area contributed by atoms with Crippen LogP contribution in [0.4, 0.5) is 15.4 Å². The van der Waals surface area contributed by atoms with Crippen LogP contribution in [0.2, 0.25) is 0 Å². The molecule has 0 saturated heterocycles. The van der Waals surface area contributed by atoms with Crippen molar-refractivity contribution in [2.45, 2.75) is 59.1 Å². The van der Waals surface area contributed by atoms with Crippen LogP contribution in [-0.4, -0.2) is 45.6 Å². The average Bonchev–Trinajstić information content (AvgIpc) is 2.75. The molecule has 0 aromatic carbocycles. The van der Waals surface area contributed by atoms with Crippen LogP contribution in [0.3, 0.4) is 0 Å². The van der Waals surface area contributed by atoms with Crippen LogP contribution in [0.25, 0.3) is 0 Å². The molecule has 0 unspecified atom stereocenters. The normalized spacial score (nSPS) is 16.5. The van der Waals surface area contributed by atoms with Crippen molar-refractivity contribution >= 4 is 18.0 Å². The van der Waals surface area contributed by atoms with Gasteiger partial charge in [0.25, 0.3) is 0 Å². The first kappa shape index (κ1) is 18.1. The number of nitrogen functional groups attached to an aromatic ring is 1. The molecule has 134 valence electrons. The second-order valence-electron chi connectivity index (χ2n) is 7.54. The molecule has 2 heterocycles. The Bertz CT molecular complexity index is 658. The first-order valence-electron chi connectivity index (χ1n) is 7.99. The highest BCUT2D eigenvalue weighted by Crippen LogP contribution is 2.36. The molecule has 2 rings (SSSR count). The second kappa shape index (κ2) is 5.99. The standard InChI is InChI=1S/C16H26N4O4/c1-7-23-14(22)20-12(17)10-8-19(13(21)24-15(2,3)4)9-16(5,6)11(10)18-20/h7-9,17H2,1-6H3. The maximum atomic E-state index is 12.4. The number of nitrogens with two attached hydrogens (primary N) is 1. The number of rotatable bonds is 1. The Labute approximate surface area is 141 Å². The highest BCUT2D eigenvalue weighted by molar-refractivity contribution is 5.76. The largest absolute Gasteiger partial charge is 0.448 e. The van der Waals surface area contributed by atoms with E-state index in [1.807, 2.05) is 34.6 Å². The summed E-state index contributed by atoms with van der Waals surface area (Å²) in [6.45, 7) is 12.0. The predicted octanol–water partition coefficient (Wildman–Crippen LogP) is 2.50. The van der Waals surface area contributed by atoms with Crippen LogP contribution in [0, 0.1) is 0 Å². The molecule has 0 saturated carbocycles. The number of nitrogens with zero attached hydrogens (tertiary/aromatic N) is 3. The summed E-state index contributed by atoms with van der Waals surface area (Å²) in [5.74, 6) is 0.199. The summed E-state index contributed by atoms with van der Waals surface area (Å²) in [6.07, 6.45) is -1.03. The predicted molar refractivity (Wildman–Crippen MR) is 88.7 cm³/mol. The van der Waals surface area contributed by atoms with Gasteiger partial charge in [0.1, 0.15) is 11.4 Å². The van der Waals surface area contributed by atoms with Crippen LogP contribution in [0.15, 0.2) is 0 Å². The molecule has 1 aliphatic heterocycles. The van der Waals surface area contributed by atoms with Gasteiger partial charge in [-0.25, -0.2) is 9.59 Å². The van der Waals surface area contributed by atoms with Crippen LogP contribution in [0.1, 0.15) is 52.8 Å². The smallest absolute Gasteiger partial charge is 0.436 e. The fourth-order valence-corrected chi connectivity index (χ4v) is 2.74. The minimum absolute atomic E-state index is 0.199. The molecular formula is C16H26N4O4. The molecule has 2 N–H and O–H groups in total. The van der Waals surface area contributed by atoms with Crippen molar-refractivity contribution in [2.75, 3.05) is 18.9 Å². The zero-order valence-corrected chi connectivity index (χ0v) is 15.2. The highest BCUT2D eigenvalue weighted by atomic mass is 16.6. The summed E-state index contributed by atoms with van der Waals surface area (Å²) in [5.41, 5.74) is 6.40. The maximum Gasteiger partial charge on any atom is 0.436 e. The molecule has 0 aliphatic carbocycles. The van der Waals surface area contributed by atoms with E-state index in [0.717, 1.165) is 4.68 Å². The van der Waals surface area contributed by atoms with Crippen molar-refractivity contribution in [3.8, 4) is 0 Å². The number of aromatic nitrogens is 2. The lowest BCUT2D eigenvalue weighted by atomic mass is 9.83. The van der Waals surface area contributed by atoms with E-state index in [1.165, 1.54) is 0 Å². The molecule has 1 amide bonds.